The predicted molar refractivity (Wildman–Crippen MR) is 68.6 cm³/mol. The average Bonchev–Trinajstić information content (AvgIpc) is 2.26. The molecule has 1 aliphatic carbocycles. The lowest BCUT2D eigenvalue weighted by Gasteiger charge is -2.31. The van der Waals surface area contributed by atoms with Crippen molar-refractivity contribution in [1.82, 2.24) is 5.32 Å². The van der Waals surface area contributed by atoms with E-state index in [0.29, 0.717) is 18.2 Å². The number of nitrogens with one attached hydrogen (secondary N) is 1. The Morgan fingerprint density at radius 2 is 2.27 bits per heavy atom. The van der Waals surface area contributed by atoms with Gasteiger partial charge in [0.05, 0.1) is 6.10 Å². The van der Waals surface area contributed by atoms with Gasteiger partial charge in [-0.2, -0.15) is 11.8 Å². The molecule has 0 aromatic carbocycles. The van der Waals surface area contributed by atoms with E-state index in [1.54, 1.807) is 0 Å². The van der Waals surface area contributed by atoms with E-state index in [0.717, 1.165) is 0 Å². The first-order chi connectivity index (χ1) is 7.26. The van der Waals surface area contributed by atoms with Crippen LogP contribution in [0.15, 0.2) is 0 Å². The molecule has 0 bridgehead atoms. The summed E-state index contributed by atoms with van der Waals surface area (Å²) < 4.78 is 5.44. The van der Waals surface area contributed by atoms with Crippen molar-refractivity contribution in [2.24, 2.45) is 0 Å². The van der Waals surface area contributed by atoms with Crippen molar-refractivity contribution >= 4 is 11.8 Å². The van der Waals surface area contributed by atoms with Gasteiger partial charge >= 0.3 is 0 Å². The number of hydrogen-bond donors (Lipinski definition) is 1. The summed E-state index contributed by atoms with van der Waals surface area (Å²) in [7, 11) is 1.84. The van der Waals surface area contributed by atoms with Crippen LogP contribution in [0.25, 0.3) is 0 Å². The van der Waals surface area contributed by atoms with Crippen molar-refractivity contribution in [2.75, 3.05) is 18.6 Å². The molecule has 15 heavy (non-hydrogen) atoms. The largest absolute Gasteiger partial charge is 0.381 e. The van der Waals surface area contributed by atoms with Crippen molar-refractivity contribution < 1.29 is 4.74 Å². The van der Waals surface area contributed by atoms with Crippen LogP contribution in [0, 0.1) is 0 Å². The van der Waals surface area contributed by atoms with Crippen LogP contribution in [0.1, 0.15) is 39.5 Å². The number of rotatable bonds is 6. The second-order valence-corrected chi connectivity index (χ2v) is 5.77. The first-order valence-electron chi connectivity index (χ1n) is 6.12. The van der Waals surface area contributed by atoms with Crippen LogP contribution in [-0.4, -0.2) is 36.8 Å². The van der Waals surface area contributed by atoms with Gasteiger partial charge in [0.1, 0.15) is 0 Å². The Hall–Kier alpha value is 0.270. The monoisotopic (exact) mass is 231 g/mol. The number of methoxy groups -OCH3 is 1. The van der Waals surface area contributed by atoms with Crippen molar-refractivity contribution in [3.05, 3.63) is 0 Å². The fourth-order valence-electron chi connectivity index (χ4n) is 2.26. The molecule has 0 aromatic rings. The van der Waals surface area contributed by atoms with Crippen LogP contribution in [0.5, 0.6) is 0 Å². The van der Waals surface area contributed by atoms with Crippen molar-refractivity contribution in [3.63, 3.8) is 0 Å². The van der Waals surface area contributed by atoms with Gasteiger partial charge in [-0.25, -0.2) is 0 Å². The van der Waals surface area contributed by atoms with Gasteiger partial charge in [-0.1, -0.05) is 6.92 Å². The van der Waals surface area contributed by atoms with Crippen LogP contribution >= 0.6 is 11.8 Å². The summed E-state index contributed by atoms with van der Waals surface area (Å²) in [4.78, 5) is 0. The highest BCUT2D eigenvalue weighted by molar-refractivity contribution is 7.99. The zero-order chi connectivity index (χ0) is 11.1. The number of thioether (sulfide) groups is 1. The third-order valence-electron chi connectivity index (χ3n) is 3.05. The molecular weight excluding hydrogens is 206 g/mol. The van der Waals surface area contributed by atoms with Gasteiger partial charge in [0.15, 0.2) is 0 Å². The highest BCUT2D eigenvalue weighted by Gasteiger charge is 2.22. The van der Waals surface area contributed by atoms with Gasteiger partial charge in [-0.15, -0.1) is 0 Å². The van der Waals surface area contributed by atoms with Gasteiger partial charge in [-0.3, -0.25) is 0 Å². The van der Waals surface area contributed by atoms with E-state index in [4.69, 9.17) is 4.74 Å². The van der Waals surface area contributed by atoms with E-state index in [1.807, 2.05) is 18.9 Å². The standard InChI is InChI=1S/C12H25NOS/c1-4-15-9-10(2)13-11-6-5-7-12(8-11)14-3/h10-13H,4-9H2,1-3H3. The Kier molecular flexibility index (Phi) is 6.69. The highest BCUT2D eigenvalue weighted by Crippen LogP contribution is 2.21. The van der Waals surface area contributed by atoms with E-state index in [2.05, 4.69) is 19.2 Å². The third kappa shape index (κ3) is 5.23. The Bertz CT molecular complexity index is 166. The predicted octanol–water partition coefficient (Wildman–Crippen LogP) is 2.68. The maximum atomic E-state index is 5.44. The maximum absolute atomic E-state index is 5.44. The Balaban J connectivity index is 2.19. The van der Waals surface area contributed by atoms with E-state index < -0.39 is 0 Å². The second-order valence-electron chi connectivity index (χ2n) is 4.45. The van der Waals surface area contributed by atoms with E-state index in [1.165, 1.54) is 37.2 Å². The first-order valence-corrected chi connectivity index (χ1v) is 7.28. The molecule has 0 spiro atoms. The van der Waals surface area contributed by atoms with Crippen LogP contribution in [0.4, 0.5) is 0 Å². The summed E-state index contributed by atoms with van der Waals surface area (Å²) in [5, 5.41) is 3.72. The summed E-state index contributed by atoms with van der Waals surface area (Å²) in [6, 6.07) is 1.31. The molecule has 90 valence electrons. The zero-order valence-electron chi connectivity index (χ0n) is 10.3. The van der Waals surface area contributed by atoms with Crippen molar-refractivity contribution in [3.8, 4) is 0 Å². The van der Waals surface area contributed by atoms with Crippen LogP contribution in [0.2, 0.25) is 0 Å². The van der Waals surface area contributed by atoms with Crippen molar-refractivity contribution in [2.45, 2.75) is 57.7 Å². The quantitative estimate of drug-likeness (QED) is 0.759. The first kappa shape index (κ1) is 13.3. The van der Waals surface area contributed by atoms with Gasteiger partial charge < -0.3 is 10.1 Å². The van der Waals surface area contributed by atoms with Gasteiger partial charge in [0.2, 0.25) is 0 Å². The fraction of sp³-hybridized carbons (Fsp3) is 1.00. The minimum atomic E-state index is 0.488. The van der Waals surface area contributed by atoms with E-state index in [-0.39, 0.29) is 0 Å². The Labute approximate surface area is 98.5 Å². The third-order valence-corrected chi connectivity index (χ3v) is 4.20. The van der Waals surface area contributed by atoms with Gasteiger partial charge in [0, 0.05) is 24.9 Å². The van der Waals surface area contributed by atoms with Crippen LogP contribution in [-0.2, 0) is 4.74 Å². The topological polar surface area (TPSA) is 21.3 Å². The van der Waals surface area contributed by atoms with Gasteiger partial charge in [-0.05, 0) is 38.4 Å². The van der Waals surface area contributed by atoms with Crippen LogP contribution in [0.3, 0.4) is 0 Å². The molecule has 3 unspecified atom stereocenters. The molecule has 1 aliphatic rings. The molecule has 0 aliphatic heterocycles. The summed E-state index contributed by atoms with van der Waals surface area (Å²) in [5.41, 5.74) is 0. The molecule has 2 nitrogen and oxygen atoms in total. The highest BCUT2D eigenvalue weighted by atomic mass is 32.2. The minimum absolute atomic E-state index is 0.488. The fourth-order valence-corrected chi connectivity index (χ4v) is 2.94. The lowest BCUT2D eigenvalue weighted by molar-refractivity contribution is 0.0577. The molecule has 0 radical (unpaired) electrons. The van der Waals surface area contributed by atoms with Gasteiger partial charge in [0.25, 0.3) is 0 Å². The number of ether oxygens (including phenoxy) is 1. The SMILES string of the molecule is CCSCC(C)NC1CCCC(OC)C1. The lowest BCUT2D eigenvalue weighted by Crippen LogP contribution is -2.42. The average molecular weight is 231 g/mol. The van der Waals surface area contributed by atoms with Crippen LogP contribution < -0.4 is 5.32 Å². The summed E-state index contributed by atoms with van der Waals surface area (Å²) in [5.74, 6) is 2.45. The van der Waals surface area contributed by atoms with Crippen molar-refractivity contribution in [1.29, 1.82) is 0 Å². The summed E-state index contributed by atoms with van der Waals surface area (Å²) in [6.45, 7) is 4.51. The van der Waals surface area contributed by atoms with E-state index in [9.17, 15) is 0 Å². The molecule has 0 heterocycles. The second kappa shape index (κ2) is 7.53. The molecule has 0 amide bonds. The Morgan fingerprint density at radius 3 is 2.93 bits per heavy atom. The molecular formula is C12H25NOS. The molecule has 1 saturated carbocycles. The molecule has 0 saturated heterocycles. The summed E-state index contributed by atoms with van der Waals surface area (Å²) >= 11 is 2.02. The number of hydrogen-bond acceptors (Lipinski definition) is 3. The normalized spacial score (nSPS) is 29.0. The smallest absolute Gasteiger partial charge is 0.0586 e. The van der Waals surface area contributed by atoms with E-state index >= 15 is 0 Å². The maximum Gasteiger partial charge on any atom is 0.0586 e. The molecule has 1 N–H and O–H groups in total. The summed E-state index contributed by atoms with van der Waals surface area (Å²) in [6.07, 6.45) is 5.55. The minimum Gasteiger partial charge on any atom is -0.381 e. The zero-order valence-corrected chi connectivity index (χ0v) is 11.1. The lowest BCUT2D eigenvalue weighted by atomic mass is 9.92. The molecule has 1 fully saturated rings. The molecule has 3 atom stereocenters. The molecule has 0 aromatic heterocycles. The Morgan fingerprint density at radius 1 is 1.47 bits per heavy atom. The molecule has 3 heteroatoms. The molecule has 1 rings (SSSR count).